The number of carboxylic acid groups (broad SMARTS) is 1. The van der Waals surface area contributed by atoms with Crippen LogP contribution in [0.25, 0.3) is 0 Å². The van der Waals surface area contributed by atoms with Gasteiger partial charge in [0.2, 0.25) is 11.8 Å². The van der Waals surface area contributed by atoms with Crippen LogP contribution in [0.1, 0.15) is 37.7 Å². The van der Waals surface area contributed by atoms with E-state index < -0.39 is 75.3 Å². The summed E-state index contributed by atoms with van der Waals surface area (Å²) >= 11 is 14.6. The van der Waals surface area contributed by atoms with Gasteiger partial charge in [0.15, 0.2) is 21.2 Å². The number of halogens is 3. The summed E-state index contributed by atoms with van der Waals surface area (Å²) in [6.45, 7) is 1.61. The molecule has 1 saturated carbocycles. The number of phenols is 1. The third-order valence-corrected chi connectivity index (χ3v) is 10.6. The Hall–Kier alpha value is -3.96. The molecule has 0 spiro atoms. The fourth-order valence-electron chi connectivity index (χ4n) is 7.28. The number of aliphatic carboxylic acids is 1. The van der Waals surface area contributed by atoms with Gasteiger partial charge in [-0.1, -0.05) is 23.8 Å². The summed E-state index contributed by atoms with van der Waals surface area (Å²) in [5.41, 5.74) is 0.612. The molecule has 2 saturated heterocycles. The Morgan fingerprint density at radius 1 is 1.05 bits per heavy atom. The summed E-state index contributed by atoms with van der Waals surface area (Å²) in [4.78, 5) is 64.2. The van der Waals surface area contributed by atoms with E-state index >= 15 is 0 Å². The fraction of sp³-hybridized carbons (Fsp3) is 0.387. The van der Waals surface area contributed by atoms with E-state index in [2.05, 4.69) is 0 Å². The number of rotatable bonds is 7. The Bertz CT molecular complexity index is 1650. The molecule has 13 heteroatoms. The van der Waals surface area contributed by atoms with Crippen LogP contribution in [-0.4, -0.2) is 67.6 Å². The normalized spacial score (nSPS) is 31.0. The van der Waals surface area contributed by atoms with E-state index in [1.807, 2.05) is 0 Å². The number of hydrogen-bond donors (Lipinski definition) is 2. The van der Waals surface area contributed by atoms with Crippen molar-refractivity contribution in [2.45, 2.75) is 41.9 Å². The second-order valence-electron chi connectivity index (χ2n) is 11.3. The van der Waals surface area contributed by atoms with E-state index in [0.717, 1.165) is 21.9 Å². The molecule has 0 radical (unpaired) electrons. The molecule has 4 aliphatic rings. The maximum Gasteiger partial charge on any atom is 0.305 e. The van der Waals surface area contributed by atoms with E-state index in [-0.39, 0.29) is 48.7 Å². The molecule has 10 nitrogen and oxygen atoms in total. The number of ether oxygens (including phenoxy) is 1. The lowest BCUT2D eigenvalue weighted by atomic mass is 9.56. The highest BCUT2D eigenvalue weighted by Crippen LogP contribution is 2.66. The van der Waals surface area contributed by atoms with Gasteiger partial charge in [-0.15, -0.1) is 23.2 Å². The van der Waals surface area contributed by atoms with Crippen LogP contribution in [0, 0.1) is 23.6 Å². The number of anilines is 1. The Morgan fingerprint density at radius 3 is 2.41 bits per heavy atom. The molecule has 0 bridgehead atoms. The maximum atomic E-state index is 14.4. The van der Waals surface area contributed by atoms with Crippen molar-refractivity contribution in [1.29, 1.82) is 0 Å². The summed E-state index contributed by atoms with van der Waals surface area (Å²) < 4.78 is 19.4. The molecule has 2 heterocycles. The summed E-state index contributed by atoms with van der Waals surface area (Å²) in [7, 11) is 0. The van der Waals surface area contributed by atoms with Gasteiger partial charge in [-0.3, -0.25) is 28.9 Å². The molecule has 2 N–H and O–H groups in total. The second kappa shape index (κ2) is 10.6. The molecule has 6 atom stereocenters. The molecule has 2 aromatic rings. The van der Waals surface area contributed by atoms with Crippen molar-refractivity contribution in [3.8, 4) is 11.5 Å². The monoisotopic (exact) mass is 644 g/mol. The van der Waals surface area contributed by atoms with Crippen LogP contribution < -0.4 is 9.64 Å². The number of phenolic OH excluding ortho intramolecular Hbond substituents is 1. The molecule has 6 rings (SSSR count). The molecular formula is C31H27Cl2FN2O8. The van der Waals surface area contributed by atoms with Gasteiger partial charge < -0.3 is 14.9 Å². The zero-order chi connectivity index (χ0) is 31.7. The molecule has 2 aliphatic heterocycles. The lowest BCUT2D eigenvalue weighted by Crippen LogP contribution is -2.60. The molecule has 230 valence electrons. The minimum atomic E-state index is -2.22. The number of carboxylic acids is 1. The summed E-state index contributed by atoms with van der Waals surface area (Å²) in [6, 6.07) is 9.28. The van der Waals surface area contributed by atoms with Crippen LogP contribution >= 0.6 is 23.2 Å². The standard InChI is InChI=1S/C31H27Cl2FN2O8/c1-2-44-21-5-3-4-19(25(21)39)24-17-10-11-18-23(27(41)35(26(18)40)13-12-22(37)38)20(17)14-30(32)28(42)36(29(43)31(24,30)33)16-8-6-15(34)7-9-16/h3-10,18,20,23-24,39H,2,11-14H2,1H3,(H,37,38)/t18-,20+,23-,24+,30+,31-/m0/s1. The highest BCUT2D eigenvalue weighted by Gasteiger charge is 2.77. The average Bonchev–Trinajstić information content (AvgIpc) is 3.31. The molecule has 2 aliphatic carbocycles. The number of carbonyl (C=O) groups is 5. The first-order valence-corrected chi connectivity index (χ1v) is 14.9. The molecule has 2 aromatic carbocycles. The van der Waals surface area contributed by atoms with Gasteiger partial charge in [-0.25, -0.2) is 9.29 Å². The number of allylic oxidation sites excluding steroid dienone is 2. The van der Waals surface area contributed by atoms with Crippen molar-refractivity contribution >= 4 is 58.5 Å². The van der Waals surface area contributed by atoms with Gasteiger partial charge in [-0.2, -0.15) is 0 Å². The van der Waals surface area contributed by atoms with Gasteiger partial charge in [0.05, 0.1) is 30.6 Å². The van der Waals surface area contributed by atoms with Crippen molar-refractivity contribution in [1.82, 2.24) is 4.90 Å². The van der Waals surface area contributed by atoms with Crippen molar-refractivity contribution in [2.24, 2.45) is 17.8 Å². The number of aromatic hydroxyl groups is 1. The van der Waals surface area contributed by atoms with Gasteiger partial charge in [-0.05, 0) is 56.0 Å². The van der Waals surface area contributed by atoms with E-state index in [1.54, 1.807) is 19.1 Å². The first kappa shape index (κ1) is 30.1. The van der Waals surface area contributed by atoms with Crippen molar-refractivity contribution < 1.29 is 43.3 Å². The number of imide groups is 2. The van der Waals surface area contributed by atoms with Crippen LogP contribution in [0.2, 0.25) is 0 Å². The Labute approximate surface area is 261 Å². The van der Waals surface area contributed by atoms with Crippen molar-refractivity contribution in [3.63, 3.8) is 0 Å². The number of nitrogens with zero attached hydrogens (tertiary/aromatic N) is 2. The number of para-hydroxylation sites is 1. The second-order valence-corrected chi connectivity index (χ2v) is 12.6. The number of alkyl halides is 2. The number of amides is 4. The highest BCUT2D eigenvalue weighted by atomic mass is 35.5. The van der Waals surface area contributed by atoms with Crippen LogP contribution in [0.15, 0.2) is 54.1 Å². The quantitative estimate of drug-likeness (QED) is 0.262. The lowest BCUT2D eigenvalue weighted by Gasteiger charge is -2.50. The fourth-order valence-corrected chi connectivity index (χ4v) is 8.21. The predicted octanol–water partition coefficient (Wildman–Crippen LogP) is 3.97. The highest BCUT2D eigenvalue weighted by molar-refractivity contribution is 6.58. The third kappa shape index (κ3) is 4.08. The first-order valence-electron chi connectivity index (χ1n) is 14.1. The van der Waals surface area contributed by atoms with Crippen LogP contribution in [0.3, 0.4) is 0 Å². The minimum absolute atomic E-state index is 0.0312. The van der Waals surface area contributed by atoms with E-state index in [4.69, 9.17) is 27.9 Å². The number of fused-ring (bicyclic) bond motifs is 4. The van der Waals surface area contributed by atoms with E-state index in [0.29, 0.717) is 5.57 Å². The smallest absolute Gasteiger partial charge is 0.305 e. The number of likely N-dealkylation sites (tertiary alicyclic amines) is 1. The average molecular weight is 645 g/mol. The maximum absolute atomic E-state index is 14.4. The third-order valence-electron chi connectivity index (χ3n) is 9.18. The van der Waals surface area contributed by atoms with Crippen LogP contribution in [0.4, 0.5) is 10.1 Å². The Morgan fingerprint density at radius 2 is 1.75 bits per heavy atom. The van der Waals surface area contributed by atoms with E-state index in [1.165, 1.54) is 24.3 Å². The minimum Gasteiger partial charge on any atom is -0.504 e. The predicted molar refractivity (Wildman–Crippen MR) is 155 cm³/mol. The first-order chi connectivity index (χ1) is 20.9. The molecule has 44 heavy (non-hydrogen) atoms. The molecular weight excluding hydrogens is 618 g/mol. The SMILES string of the molecule is CCOc1cccc([C@H]2C3=CC[C@@H]4C(=O)N(CCC(=O)O)C(=O)[C@@H]4[C@@H]3C[C@@]3(Cl)C(=O)N(c4ccc(F)cc4)C(=O)[C@@]23Cl)c1O. The lowest BCUT2D eigenvalue weighted by molar-refractivity contribution is -0.142. The number of benzene rings is 2. The topological polar surface area (TPSA) is 142 Å². The zero-order valence-electron chi connectivity index (χ0n) is 23.3. The Balaban J connectivity index is 1.54. The molecule has 4 amide bonds. The molecule has 3 fully saturated rings. The number of hydrogen-bond acceptors (Lipinski definition) is 7. The van der Waals surface area contributed by atoms with Gasteiger partial charge in [0.1, 0.15) is 5.82 Å². The van der Waals surface area contributed by atoms with Gasteiger partial charge >= 0.3 is 5.97 Å². The van der Waals surface area contributed by atoms with Crippen molar-refractivity contribution in [3.05, 3.63) is 65.5 Å². The molecule has 0 unspecified atom stereocenters. The van der Waals surface area contributed by atoms with Crippen molar-refractivity contribution in [2.75, 3.05) is 18.1 Å². The number of carbonyl (C=O) groups excluding carboxylic acids is 4. The summed E-state index contributed by atoms with van der Waals surface area (Å²) in [6.07, 6.45) is 1.04. The molecule has 0 aromatic heterocycles. The summed E-state index contributed by atoms with van der Waals surface area (Å²) in [5, 5.41) is 20.6. The Kier molecular flexibility index (Phi) is 7.24. The van der Waals surface area contributed by atoms with Crippen LogP contribution in [0.5, 0.6) is 11.5 Å². The largest absolute Gasteiger partial charge is 0.504 e. The van der Waals surface area contributed by atoms with Crippen LogP contribution in [-0.2, 0) is 24.0 Å². The zero-order valence-corrected chi connectivity index (χ0v) is 24.8. The van der Waals surface area contributed by atoms with Gasteiger partial charge in [0.25, 0.3) is 11.8 Å². The summed E-state index contributed by atoms with van der Waals surface area (Å²) in [5.74, 6) is -8.87. The van der Waals surface area contributed by atoms with E-state index in [9.17, 15) is 38.6 Å². The van der Waals surface area contributed by atoms with Gasteiger partial charge in [0, 0.05) is 18.0 Å².